The molecule has 0 radical (unpaired) electrons. The monoisotopic (exact) mass is 457 g/mol. The van der Waals surface area contributed by atoms with Gasteiger partial charge in [0, 0.05) is 49.7 Å². The Bertz CT molecular complexity index is 913. The van der Waals surface area contributed by atoms with E-state index < -0.39 is 0 Å². The van der Waals surface area contributed by atoms with Gasteiger partial charge in [-0.3, -0.25) is 14.7 Å². The molecule has 2 fully saturated rings. The Hall–Kier alpha value is -2.69. The molecule has 0 spiro atoms. The fourth-order valence-corrected chi connectivity index (χ4v) is 4.88. The van der Waals surface area contributed by atoms with Crippen LogP contribution in [0.15, 0.2) is 30.7 Å². The number of hydrogen-bond acceptors (Lipinski definition) is 8. The van der Waals surface area contributed by atoms with Crippen molar-refractivity contribution in [1.29, 1.82) is 0 Å². The zero-order valence-corrected chi connectivity index (χ0v) is 19.0. The summed E-state index contributed by atoms with van der Waals surface area (Å²) in [6.07, 6.45) is 8.35. The van der Waals surface area contributed by atoms with Crippen molar-refractivity contribution in [2.24, 2.45) is 11.8 Å². The van der Waals surface area contributed by atoms with Crippen molar-refractivity contribution >= 4 is 11.9 Å². The maximum absolute atomic E-state index is 14.3. The molecule has 1 amide bonds. The van der Waals surface area contributed by atoms with Gasteiger partial charge in [-0.2, -0.15) is 5.48 Å². The minimum atomic E-state index is -0.345. The lowest BCUT2D eigenvalue weighted by atomic mass is 9.86. The quantitative estimate of drug-likeness (QED) is 0.607. The molecule has 178 valence electrons. The van der Waals surface area contributed by atoms with Gasteiger partial charge < -0.3 is 15.5 Å². The van der Waals surface area contributed by atoms with Crippen molar-refractivity contribution in [3.05, 3.63) is 47.8 Å². The lowest BCUT2D eigenvalue weighted by Crippen LogP contribution is -2.46. The number of carbonyl (C=O) groups is 1. The molecule has 3 N–H and O–H groups in total. The fraction of sp³-hybridized carbons (Fsp3) is 0.565. The molecule has 0 aliphatic carbocycles. The van der Waals surface area contributed by atoms with E-state index in [4.69, 9.17) is 10.6 Å². The minimum absolute atomic E-state index is 0.0570. The average Bonchev–Trinajstić information content (AvgIpc) is 2.85. The van der Waals surface area contributed by atoms with Crippen LogP contribution in [0.3, 0.4) is 0 Å². The first kappa shape index (κ1) is 23.5. The standard InChI is InChI=1S/C23H32FN7O2/c1-33-29-20(21-19(24)3-2-8-26-21)17-6-11-31(12-7-17)22(32)18-4-9-30(10-5-18)15-16-13-27-23(25)28-14-16/h2-3,8,13-14,17-18,20,29H,4-7,9-12,15H2,1H3,(H2,25,27,28). The number of piperidine rings is 2. The summed E-state index contributed by atoms with van der Waals surface area (Å²) in [7, 11) is 1.53. The summed E-state index contributed by atoms with van der Waals surface area (Å²) < 4.78 is 14.3. The molecule has 0 aromatic carbocycles. The largest absolute Gasteiger partial charge is 0.368 e. The van der Waals surface area contributed by atoms with Crippen LogP contribution in [-0.4, -0.2) is 63.9 Å². The Morgan fingerprint density at radius 2 is 1.88 bits per heavy atom. The van der Waals surface area contributed by atoms with Crippen LogP contribution < -0.4 is 11.2 Å². The molecule has 2 aliphatic rings. The summed E-state index contributed by atoms with van der Waals surface area (Å²) in [4.78, 5) is 34.9. The van der Waals surface area contributed by atoms with Crippen LogP contribution in [-0.2, 0) is 16.2 Å². The van der Waals surface area contributed by atoms with E-state index in [0.29, 0.717) is 18.8 Å². The molecule has 4 rings (SSSR count). The molecule has 2 aliphatic heterocycles. The van der Waals surface area contributed by atoms with Crippen molar-refractivity contribution in [1.82, 2.24) is 30.2 Å². The molecule has 2 saturated heterocycles. The summed E-state index contributed by atoms with van der Waals surface area (Å²) in [6.45, 7) is 3.85. The second-order valence-corrected chi connectivity index (χ2v) is 8.83. The maximum Gasteiger partial charge on any atom is 0.225 e. The van der Waals surface area contributed by atoms with Crippen molar-refractivity contribution in [2.45, 2.75) is 38.3 Å². The van der Waals surface area contributed by atoms with Crippen LogP contribution in [0.4, 0.5) is 10.3 Å². The Morgan fingerprint density at radius 1 is 1.18 bits per heavy atom. The molecule has 10 heteroatoms. The van der Waals surface area contributed by atoms with Crippen LogP contribution in [0.25, 0.3) is 0 Å². The summed E-state index contributed by atoms with van der Waals surface area (Å²) in [6, 6.07) is 2.66. The summed E-state index contributed by atoms with van der Waals surface area (Å²) in [5.74, 6) is 0.373. The zero-order chi connectivity index (χ0) is 23.2. The van der Waals surface area contributed by atoms with Crippen LogP contribution in [0.5, 0.6) is 0 Å². The number of nitrogens with zero attached hydrogens (tertiary/aromatic N) is 5. The number of nitrogens with one attached hydrogen (secondary N) is 1. The summed E-state index contributed by atoms with van der Waals surface area (Å²) >= 11 is 0. The molecule has 0 saturated carbocycles. The smallest absolute Gasteiger partial charge is 0.225 e. The first-order valence-electron chi connectivity index (χ1n) is 11.5. The molecule has 0 bridgehead atoms. The first-order chi connectivity index (χ1) is 16.0. The Kier molecular flexibility index (Phi) is 7.79. The Morgan fingerprint density at radius 3 is 2.52 bits per heavy atom. The molecular weight excluding hydrogens is 425 g/mol. The van der Waals surface area contributed by atoms with E-state index in [2.05, 4.69) is 25.3 Å². The Labute approximate surface area is 193 Å². The second-order valence-electron chi connectivity index (χ2n) is 8.83. The number of hydroxylamine groups is 1. The van der Waals surface area contributed by atoms with E-state index in [0.717, 1.165) is 50.9 Å². The molecule has 1 atom stereocenters. The van der Waals surface area contributed by atoms with Gasteiger partial charge in [-0.05, 0) is 56.8 Å². The van der Waals surface area contributed by atoms with Gasteiger partial charge in [0.2, 0.25) is 11.9 Å². The highest BCUT2D eigenvalue weighted by Crippen LogP contribution is 2.32. The molecule has 2 aromatic rings. The van der Waals surface area contributed by atoms with E-state index in [1.165, 1.54) is 13.2 Å². The van der Waals surface area contributed by atoms with Gasteiger partial charge in [0.05, 0.1) is 18.8 Å². The number of pyridine rings is 1. The molecule has 33 heavy (non-hydrogen) atoms. The van der Waals surface area contributed by atoms with Gasteiger partial charge in [0.15, 0.2) is 0 Å². The van der Waals surface area contributed by atoms with Crippen molar-refractivity contribution in [3.8, 4) is 0 Å². The number of anilines is 1. The topological polar surface area (TPSA) is 110 Å². The zero-order valence-electron chi connectivity index (χ0n) is 19.0. The first-order valence-corrected chi connectivity index (χ1v) is 11.5. The molecule has 1 unspecified atom stereocenters. The third kappa shape index (κ3) is 5.82. The van der Waals surface area contributed by atoms with Crippen molar-refractivity contribution < 1.29 is 14.0 Å². The third-order valence-electron chi connectivity index (χ3n) is 6.72. The third-order valence-corrected chi connectivity index (χ3v) is 6.72. The molecule has 2 aromatic heterocycles. The van der Waals surface area contributed by atoms with Gasteiger partial charge in [0.25, 0.3) is 0 Å². The SMILES string of the molecule is CONC(c1ncccc1F)C1CCN(C(=O)C2CCN(Cc3cnc(N)nc3)CC2)CC1. The predicted octanol–water partition coefficient (Wildman–Crippen LogP) is 1.94. The number of halogens is 1. The Balaban J connectivity index is 1.27. The predicted molar refractivity (Wildman–Crippen MR) is 121 cm³/mol. The highest BCUT2D eigenvalue weighted by molar-refractivity contribution is 5.79. The van der Waals surface area contributed by atoms with Gasteiger partial charge in [-0.1, -0.05) is 0 Å². The van der Waals surface area contributed by atoms with Crippen molar-refractivity contribution in [3.63, 3.8) is 0 Å². The number of rotatable bonds is 7. The number of likely N-dealkylation sites (tertiary alicyclic amines) is 2. The normalized spacial score (nSPS) is 19.5. The molecular formula is C23H32FN7O2. The van der Waals surface area contributed by atoms with E-state index in [1.54, 1.807) is 24.7 Å². The fourth-order valence-electron chi connectivity index (χ4n) is 4.88. The van der Waals surface area contributed by atoms with Crippen LogP contribution in [0.1, 0.15) is 43.0 Å². The summed E-state index contributed by atoms with van der Waals surface area (Å²) in [5.41, 5.74) is 9.86. The molecule has 4 heterocycles. The highest BCUT2D eigenvalue weighted by Gasteiger charge is 2.34. The van der Waals surface area contributed by atoms with Gasteiger partial charge in [-0.15, -0.1) is 0 Å². The van der Waals surface area contributed by atoms with Crippen molar-refractivity contribution in [2.75, 3.05) is 39.0 Å². The highest BCUT2D eigenvalue weighted by atomic mass is 19.1. The van der Waals surface area contributed by atoms with Gasteiger partial charge in [0.1, 0.15) is 5.82 Å². The number of aromatic nitrogens is 3. The van der Waals surface area contributed by atoms with Gasteiger partial charge >= 0.3 is 0 Å². The van der Waals surface area contributed by atoms with E-state index in [9.17, 15) is 9.18 Å². The lowest BCUT2D eigenvalue weighted by Gasteiger charge is -2.39. The van der Waals surface area contributed by atoms with Crippen LogP contribution in [0, 0.1) is 17.7 Å². The van der Waals surface area contributed by atoms with E-state index in [-0.39, 0.29) is 35.6 Å². The maximum atomic E-state index is 14.3. The lowest BCUT2D eigenvalue weighted by molar-refractivity contribution is -0.139. The van der Waals surface area contributed by atoms with E-state index >= 15 is 0 Å². The van der Waals surface area contributed by atoms with E-state index in [1.807, 2.05) is 4.90 Å². The minimum Gasteiger partial charge on any atom is -0.368 e. The average molecular weight is 458 g/mol. The second kappa shape index (κ2) is 11.0. The van der Waals surface area contributed by atoms with Crippen LogP contribution >= 0.6 is 0 Å². The molecule has 9 nitrogen and oxygen atoms in total. The number of nitrogens with two attached hydrogens (primary N) is 1. The number of hydrogen-bond donors (Lipinski definition) is 2. The number of carbonyl (C=O) groups excluding carboxylic acids is 1. The summed E-state index contributed by atoms with van der Waals surface area (Å²) in [5, 5.41) is 0. The number of amides is 1. The van der Waals surface area contributed by atoms with Crippen LogP contribution in [0.2, 0.25) is 0 Å². The van der Waals surface area contributed by atoms with Gasteiger partial charge in [-0.25, -0.2) is 14.4 Å². The number of nitrogen functional groups attached to an aromatic ring is 1.